The molecule has 0 spiro atoms. The van der Waals surface area contributed by atoms with Crippen molar-refractivity contribution in [2.75, 3.05) is 26.2 Å². The van der Waals surface area contributed by atoms with Crippen molar-refractivity contribution in [3.05, 3.63) is 64.6 Å². The zero-order valence-corrected chi connectivity index (χ0v) is 18.4. The minimum absolute atomic E-state index is 0.0606. The molecule has 1 aliphatic heterocycles. The van der Waals surface area contributed by atoms with Crippen molar-refractivity contribution in [1.29, 1.82) is 0 Å². The van der Waals surface area contributed by atoms with Crippen molar-refractivity contribution >= 4 is 22.9 Å². The van der Waals surface area contributed by atoms with Crippen LogP contribution in [-0.4, -0.2) is 68.8 Å². The lowest BCUT2D eigenvalue weighted by Crippen LogP contribution is -2.41. The van der Waals surface area contributed by atoms with Gasteiger partial charge in [0, 0.05) is 32.2 Å². The van der Waals surface area contributed by atoms with Gasteiger partial charge in [0.25, 0.3) is 5.91 Å². The Morgan fingerprint density at radius 3 is 2.40 bits per heavy atom. The third kappa shape index (κ3) is 6.88. The molecule has 3 heterocycles. The Labute approximate surface area is 196 Å². The standard InChI is InChI=1S/C20H22FN5O2.C2HF3O2/c21-18-7-3-5-16(23-18)19(27)22-10-13-25-11-8-14(9-12-25)26-17-6-2-1-4-15(17)24-20(26)28;3-2(4,5)1(6)7/h1-7,14H,8-13H2,(H,22,27)(H,24,28);(H,6,7). The number of carboxylic acids is 1. The summed E-state index contributed by atoms with van der Waals surface area (Å²) in [4.78, 5) is 42.0. The van der Waals surface area contributed by atoms with Crippen LogP contribution < -0.4 is 11.0 Å². The molecule has 3 N–H and O–H groups in total. The van der Waals surface area contributed by atoms with E-state index in [0.717, 1.165) is 37.0 Å². The first-order valence-electron chi connectivity index (χ1n) is 10.7. The number of nitrogens with one attached hydrogen (secondary N) is 2. The molecule has 13 heteroatoms. The molecule has 188 valence electrons. The molecule has 0 aliphatic carbocycles. The van der Waals surface area contributed by atoms with Crippen molar-refractivity contribution in [3.63, 3.8) is 0 Å². The van der Waals surface area contributed by atoms with Crippen molar-refractivity contribution in [2.24, 2.45) is 0 Å². The highest BCUT2D eigenvalue weighted by atomic mass is 19.4. The van der Waals surface area contributed by atoms with E-state index < -0.39 is 18.1 Å². The molecule has 3 aromatic rings. The normalized spacial score (nSPS) is 14.9. The Morgan fingerprint density at radius 2 is 1.77 bits per heavy atom. The monoisotopic (exact) mass is 497 g/mol. The molecular formula is C22H23F4N5O4. The van der Waals surface area contributed by atoms with Crippen LogP contribution in [0.3, 0.4) is 0 Å². The molecule has 0 atom stereocenters. The number of carbonyl (C=O) groups is 2. The van der Waals surface area contributed by atoms with Crippen molar-refractivity contribution in [3.8, 4) is 0 Å². The Kier molecular flexibility index (Phi) is 8.22. The molecule has 9 nitrogen and oxygen atoms in total. The number of fused-ring (bicyclic) bond motifs is 1. The lowest BCUT2D eigenvalue weighted by atomic mass is 10.0. The van der Waals surface area contributed by atoms with Gasteiger partial charge in [0.15, 0.2) is 0 Å². The van der Waals surface area contributed by atoms with E-state index in [1.54, 1.807) is 0 Å². The maximum absolute atomic E-state index is 13.1. The summed E-state index contributed by atoms with van der Waals surface area (Å²) in [6.45, 7) is 2.88. The maximum Gasteiger partial charge on any atom is 0.490 e. The number of aromatic amines is 1. The number of carboxylic acid groups (broad SMARTS) is 1. The highest BCUT2D eigenvalue weighted by molar-refractivity contribution is 5.92. The van der Waals surface area contributed by atoms with E-state index in [1.807, 2.05) is 28.8 Å². The Bertz CT molecular complexity index is 1230. The molecule has 0 unspecified atom stereocenters. The summed E-state index contributed by atoms with van der Waals surface area (Å²) < 4.78 is 46.7. The highest BCUT2D eigenvalue weighted by Gasteiger charge is 2.38. The zero-order chi connectivity index (χ0) is 25.6. The first-order valence-corrected chi connectivity index (χ1v) is 10.7. The van der Waals surface area contributed by atoms with Gasteiger partial charge in [-0.2, -0.15) is 17.6 Å². The Balaban J connectivity index is 0.000000429. The summed E-state index contributed by atoms with van der Waals surface area (Å²) >= 11 is 0. The van der Waals surface area contributed by atoms with Crippen LogP contribution in [-0.2, 0) is 4.79 Å². The number of likely N-dealkylation sites (tertiary alicyclic amines) is 1. The summed E-state index contributed by atoms with van der Waals surface area (Å²) in [5.41, 5.74) is 1.83. The number of hydrogen-bond donors (Lipinski definition) is 3. The summed E-state index contributed by atoms with van der Waals surface area (Å²) in [7, 11) is 0. The summed E-state index contributed by atoms with van der Waals surface area (Å²) in [6, 6.07) is 12.1. The van der Waals surface area contributed by atoms with Gasteiger partial charge < -0.3 is 20.3 Å². The fraction of sp³-hybridized carbons (Fsp3) is 0.364. The number of alkyl halides is 3. The molecule has 4 rings (SSSR count). The van der Waals surface area contributed by atoms with Crippen LogP contribution in [0.5, 0.6) is 0 Å². The zero-order valence-electron chi connectivity index (χ0n) is 18.4. The number of aliphatic carboxylic acids is 1. The van der Waals surface area contributed by atoms with Gasteiger partial charge in [-0.25, -0.2) is 14.6 Å². The topological polar surface area (TPSA) is 120 Å². The van der Waals surface area contributed by atoms with Gasteiger partial charge in [-0.3, -0.25) is 9.36 Å². The molecule has 0 saturated carbocycles. The second-order valence-corrected chi connectivity index (χ2v) is 7.79. The van der Waals surface area contributed by atoms with Crippen LogP contribution in [0.25, 0.3) is 11.0 Å². The maximum atomic E-state index is 13.1. The number of hydrogen-bond acceptors (Lipinski definition) is 5. The van der Waals surface area contributed by atoms with Crippen molar-refractivity contribution in [2.45, 2.75) is 25.1 Å². The highest BCUT2D eigenvalue weighted by Crippen LogP contribution is 2.24. The minimum Gasteiger partial charge on any atom is -0.475 e. The van der Waals surface area contributed by atoms with Crippen molar-refractivity contribution < 1.29 is 32.3 Å². The average molecular weight is 497 g/mol. The van der Waals surface area contributed by atoms with Crippen LogP contribution in [0.1, 0.15) is 29.4 Å². The third-order valence-electron chi connectivity index (χ3n) is 5.45. The van der Waals surface area contributed by atoms with E-state index >= 15 is 0 Å². The smallest absolute Gasteiger partial charge is 0.475 e. The second kappa shape index (κ2) is 11.1. The average Bonchev–Trinajstić information content (AvgIpc) is 3.15. The van der Waals surface area contributed by atoms with Gasteiger partial charge in [0.2, 0.25) is 5.95 Å². The number of pyridine rings is 1. The number of halogens is 4. The predicted molar refractivity (Wildman–Crippen MR) is 117 cm³/mol. The van der Waals surface area contributed by atoms with Gasteiger partial charge in [0.05, 0.1) is 11.0 Å². The van der Waals surface area contributed by atoms with Gasteiger partial charge in [-0.1, -0.05) is 18.2 Å². The first-order chi connectivity index (χ1) is 16.6. The third-order valence-corrected chi connectivity index (χ3v) is 5.45. The van der Waals surface area contributed by atoms with E-state index in [-0.39, 0.29) is 23.3 Å². The minimum atomic E-state index is -5.08. The molecule has 2 aromatic heterocycles. The number of rotatable bonds is 5. The summed E-state index contributed by atoms with van der Waals surface area (Å²) in [6.07, 6.45) is -3.33. The van der Waals surface area contributed by atoms with E-state index in [0.29, 0.717) is 13.1 Å². The number of imidazole rings is 1. The number of aromatic nitrogens is 3. The van der Waals surface area contributed by atoms with Crippen LogP contribution >= 0.6 is 0 Å². The second-order valence-electron chi connectivity index (χ2n) is 7.79. The number of para-hydroxylation sites is 2. The van der Waals surface area contributed by atoms with Gasteiger partial charge in [-0.15, -0.1) is 0 Å². The molecular weight excluding hydrogens is 474 g/mol. The van der Waals surface area contributed by atoms with Crippen LogP contribution in [0.15, 0.2) is 47.3 Å². The molecule has 1 amide bonds. The summed E-state index contributed by atoms with van der Waals surface area (Å²) in [5, 5.41) is 9.90. The fourth-order valence-electron chi connectivity index (χ4n) is 3.79. The predicted octanol–water partition coefficient (Wildman–Crippen LogP) is 2.56. The molecule has 1 fully saturated rings. The number of amides is 1. The molecule has 0 radical (unpaired) electrons. The Morgan fingerprint density at radius 1 is 1.11 bits per heavy atom. The first kappa shape index (κ1) is 25.9. The SMILES string of the molecule is O=C(NCCN1CCC(n2c(=O)[nH]c3ccccc32)CC1)c1cccc(F)n1.O=C(O)C(F)(F)F. The van der Waals surface area contributed by atoms with Gasteiger partial charge in [0.1, 0.15) is 5.69 Å². The number of piperidine rings is 1. The molecule has 1 aliphatic rings. The summed E-state index contributed by atoms with van der Waals surface area (Å²) in [5.74, 6) is -3.80. The lowest BCUT2D eigenvalue weighted by Gasteiger charge is -2.32. The largest absolute Gasteiger partial charge is 0.490 e. The van der Waals surface area contributed by atoms with E-state index in [9.17, 15) is 27.2 Å². The van der Waals surface area contributed by atoms with E-state index in [4.69, 9.17) is 9.90 Å². The van der Waals surface area contributed by atoms with Crippen LogP contribution in [0.4, 0.5) is 17.6 Å². The van der Waals surface area contributed by atoms with Crippen LogP contribution in [0.2, 0.25) is 0 Å². The van der Waals surface area contributed by atoms with E-state index in [2.05, 4.69) is 20.2 Å². The Hall–Kier alpha value is -3.74. The van der Waals surface area contributed by atoms with Crippen LogP contribution in [0, 0.1) is 5.95 Å². The number of H-pyrrole nitrogens is 1. The van der Waals surface area contributed by atoms with Gasteiger partial charge >= 0.3 is 17.8 Å². The number of benzene rings is 1. The lowest BCUT2D eigenvalue weighted by molar-refractivity contribution is -0.192. The fourth-order valence-corrected chi connectivity index (χ4v) is 3.79. The van der Waals surface area contributed by atoms with Crippen molar-refractivity contribution in [1.82, 2.24) is 24.8 Å². The molecule has 35 heavy (non-hydrogen) atoms. The molecule has 0 bridgehead atoms. The molecule has 1 saturated heterocycles. The van der Waals surface area contributed by atoms with Gasteiger partial charge in [-0.05, 0) is 37.1 Å². The van der Waals surface area contributed by atoms with E-state index in [1.165, 1.54) is 18.2 Å². The molecule has 1 aromatic carbocycles. The quantitative estimate of drug-likeness (QED) is 0.368. The number of carbonyl (C=O) groups excluding carboxylic acids is 1. The number of nitrogens with zero attached hydrogens (tertiary/aromatic N) is 3.